The first-order valence-corrected chi connectivity index (χ1v) is 5.67. The molecule has 1 heterocycles. The molecule has 12 heavy (non-hydrogen) atoms. The minimum atomic E-state index is 0.636. The van der Waals surface area contributed by atoms with Crippen molar-refractivity contribution in [3.63, 3.8) is 0 Å². The van der Waals surface area contributed by atoms with Crippen molar-refractivity contribution in [3.8, 4) is 6.07 Å². The molecule has 1 atom stereocenters. The smallest absolute Gasteiger partial charge is 0.0635 e. The minimum Gasteiger partial charge on any atom is -0.315 e. The highest BCUT2D eigenvalue weighted by atomic mass is 32.2. The first kappa shape index (κ1) is 9.88. The number of rotatable bonds is 4. The summed E-state index contributed by atoms with van der Waals surface area (Å²) in [4.78, 5) is 0. The molecule has 1 N–H and O–H groups in total. The van der Waals surface area contributed by atoms with Gasteiger partial charge in [-0.1, -0.05) is 6.42 Å². The van der Waals surface area contributed by atoms with E-state index in [1.165, 1.54) is 25.0 Å². The molecule has 0 aliphatic carbocycles. The summed E-state index contributed by atoms with van der Waals surface area (Å²) in [6.45, 7) is 1.94. The number of nitrogens with one attached hydrogen (secondary N) is 1. The summed E-state index contributed by atoms with van der Waals surface area (Å²) < 4.78 is 0. The molecule has 1 unspecified atom stereocenters. The van der Waals surface area contributed by atoms with E-state index in [1.54, 1.807) is 0 Å². The highest BCUT2D eigenvalue weighted by molar-refractivity contribution is 7.99. The average molecular weight is 184 g/mol. The Morgan fingerprint density at radius 2 is 2.42 bits per heavy atom. The molecule has 68 valence electrons. The molecule has 0 radical (unpaired) electrons. The van der Waals surface area contributed by atoms with Gasteiger partial charge in [-0.25, -0.2) is 0 Å². The molecule has 0 aromatic rings. The van der Waals surface area contributed by atoms with Crippen LogP contribution in [0.4, 0.5) is 0 Å². The highest BCUT2D eigenvalue weighted by Gasteiger charge is 2.12. The molecule has 0 aromatic heterocycles. The van der Waals surface area contributed by atoms with Gasteiger partial charge in [-0.15, -0.1) is 0 Å². The lowest BCUT2D eigenvalue weighted by Gasteiger charge is -2.21. The fourth-order valence-electron chi connectivity index (χ4n) is 1.38. The Bertz CT molecular complexity index is 147. The Morgan fingerprint density at radius 3 is 3.08 bits per heavy atom. The first-order chi connectivity index (χ1) is 5.93. The van der Waals surface area contributed by atoms with Crippen LogP contribution in [0.5, 0.6) is 0 Å². The third-order valence-corrected chi connectivity index (χ3v) is 3.46. The summed E-state index contributed by atoms with van der Waals surface area (Å²) >= 11 is 2.08. The number of hydrogen-bond donors (Lipinski definition) is 1. The van der Waals surface area contributed by atoms with E-state index in [0.717, 1.165) is 18.3 Å². The molecule has 2 nitrogen and oxygen atoms in total. The molecule has 1 fully saturated rings. The Kier molecular flexibility index (Phi) is 5.21. The van der Waals surface area contributed by atoms with E-state index in [4.69, 9.17) is 5.26 Å². The Hall–Kier alpha value is -0.200. The second kappa shape index (κ2) is 6.33. The molecule has 0 spiro atoms. The zero-order valence-electron chi connectivity index (χ0n) is 7.38. The number of thioether (sulfide) groups is 1. The van der Waals surface area contributed by atoms with Crippen LogP contribution in [0.25, 0.3) is 0 Å². The van der Waals surface area contributed by atoms with Crippen molar-refractivity contribution in [2.75, 3.05) is 18.8 Å². The molecule has 1 aliphatic heterocycles. The van der Waals surface area contributed by atoms with Crippen molar-refractivity contribution in [1.29, 1.82) is 5.26 Å². The molecule has 3 heteroatoms. The summed E-state index contributed by atoms with van der Waals surface area (Å²) in [7, 11) is 0. The fourth-order valence-corrected chi connectivity index (χ4v) is 2.65. The summed E-state index contributed by atoms with van der Waals surface area (Å²) in [5.74, 6) is 1.32. The quantitative estimate of drug-likeness (QED) is 0.676. The van der Waals surface area contributed by atoms with Gasteiger partial charge in [0.25, 0.3) is 0 Å². The second-order valence-corrected chi connectivity index (χ2v) is 4.51. The van der Waals surface area contributed by atoms with Crippen LogP contribution in [-0.4, -0.2) is 24.1 Å². The third kappa shape index (κ3) is 3.99. The molecule has 0 amide bonds. The lowest BCUT2D eigenvalue weighted by molar-refractivity contribution is 0.602. The first-order valence-electron chi connectivity index (χ1n) is 4.63. The van der Waals surface area contributed by atoms with Gasteiger partial charge in [-0.05, 0) is 18.6 Å². The van der Waals surface area contributed by atoms with Gasteiger partial charge in [0.2, 0.25) is 0 Å². The van der Waals surface area contributed by atoms with Crippen LogP contribution in [0, 0.1) is 11.3 Å². The van der Waals surface area contributed by atoms with Crippen molar-refractivity contribution < 1.29 is 0 Å². The number of nitrogens with zero attached hydrogens (tertiary/aromatic N) is 1. The zero-order chi connectivity index (χ0) is 8.65. The molecular weight excluding hydrogens is 168 g/mol. The molecule has 1 rings (SSSR count). The van der Waals surface area contributed by atoms with Gasteiger partial charge in [0, 0.05) is 24.8 Å². The Morgan fingerprint density at radius 1 is 1.50 bits per heavy atom. The van der Waals surface area contributed by atoms with Crippen molar-refractivity contribution in [3.05, 3.63) is 0 Å². The summed E-state index contributed by atoms with van der Waals surface area (Å²) in [6.07, 6.45) is 4.76. The summed E-state index contributed by atoms with van der Waals surface area (Å²) in [5, 5.41) is 12.4. The maximum absolute atomic E-state index is 8.31. The molecule has 0 bridgehead atoms. The third-order valence-electron chi connectivity index (χ3n) is 2.06. The minimum absolute atomic E-state index is 0.636. The van der Waals surface area contributed by atoms with Crippen molar-refractivity contribution in [1.82, 2.24) is 5.32 Å². The fraction of sp³-hybridized carbons (Fsp3) is 0.889. The Balaban J connectivity index is 1.95. The predicted molar refractivity (Wildman–Crippen MR) is 53.2 cm³/mol. The van der Waals surface area contributed by atoms with Crippen molar-refractivity contribution >= 4 is 11.8 Å². The van der Waals surface area contributed by atoms with Crippen LogP contribution in [0.15, 0.2) is 0 Å². The number of hydrogen-bond acceptors (Lipinski definition) is 3. The normalized spacial score (nSPS) is 23.4. The van der Waals surface area contributed by atoms with Crippen LogP contribution in [0.2, 0.25) is 0 Å². The largest absolute Gasteiger partial charge is 0.315 e. The van der Waals surface area contributed by atoms with Gasteiger partial charge in [0.1, 0.15) is 0 Å². The van der Waals surface area contributed by atoms with Gasteiger partial charge < -0.3 is 5.32 Å². The maximum atomic E-state index is 8.31. The van der Waals surface area contributed by atoms with Crippen molar-refractivity contribution in [2.24, 2.45) is 0 Å². The maximum Gasteiger partial charge on any atom is 0.0635 e. The average Bonchev–Trinajstić information content (AvgIpc) is 2.14. The van der Waals surface area contributed by atoms with E-state index >= 15 is 0 Å². The molecular formula is C9H16N2S. The van der Waals surface area contributed by atoms with E-state index < -0.39 is 0 Å². The van der Waals surface area contributed by atoms with Crippen molar-refractivity contribution in [2.45, 2.75) is 30.9 Å². The standard InChI is InChI=1S/C9H16N2S/c10-5-3-6-11-8-9-4-1-2-7-12-9/h9,11H,1-4,6-8H2. The van der Waals surface area contributed by atoms with Crippen LogP contribution in [0.3, 0.4) is 0 Å². The summed E-state index contributed by atoms with van der Waals surface area (Å²) in [6, 6.07) is 2.14. The lowest BCUT2D eigenvalue weighted by atomic mass is 10.2. The predicted octanol–water partition coefficient (Wildman–Crippen LogP) is 1.78. The number of nitriles is 1. The van der Waals surface area contributed by atoms with E-state index in [0.29, 0.717) is 6.42 Å². The lowest BCUT2D eigenvalue weighted by Crippen LogP contribution is -2.27. The zero-order valence-corrected chi connectivity index (χ0v) is 8.20. The van der Waals surface area contributed by atoms with Gasteiger partial charge >= 0.3 is 0 Å². The monoisotopic (exact) mass is 184 g/mol. The van der Waals surface area contributed by atoms with Gasteiger partial charge in [-0.2, -0.15) is 17.0 Å². The highest BCUT2D eigenvalue weighted by Crippen LogP contribution is 2.24. The summed E-state index contributed by atoms with van der Waals surface area (Å²) in [5.41, 5.74) is 0. The second-order valence-electron chi connectivity index (χ2n) is 3.10. The van der Waals surface area contributed by atoms with E-state index in [2.05, 4.69) is 23.1 Å². The van der Waals surface area contributed by atoms with Gasteiger partial charge in [-0.3, -0.25) is 0 Å². The molecule has 0 aromatic carbocycles. The van der Waals surface area contributed by atoms with E-state index in [1.807, 2.05) is 0 Å². The van der Waals surface area contributed by atoms with Crippen LogP contribution < -0.4 is 5.32 Å². The van der Waals surface area contributed by atoms with Gasteiger partial charge in [0.15, 0.2) is 0 Å². The topological polar surface area (TPSA) is 35.8 Å². The van der Waals surface area contributed by atoms with Crippen LogP contribution >= 0.6 is 11.8 Å². The molecule has 1 aliphatic rings. The van der Waals surface area contributed by atoms with Gasteiger partial charge in [0.05, 0.1) is 6.07 Å². The van der Waals surface area contributed by atoms with E-state index in [-0.39, 0.29) is 0 Å². The molecule has 0 saturated carbocycles. The molecule has 1 saturated heterocycles. The van der Waals surface area contributed by atoms with E-state index in [9.17, 15) is 0 Å². The SMILES string of the molecule is N#CCCNCC1CCCCS1. The van der Waals surface area contributed by atoms with Crippen LogP contribution in [0.1, 0.15) is 25.7 Å². The Labute approximate surface area is 78.7 Å². The van der Waals surface area contributed by atoms with Crippen LogP contribution in [-0.2, 0) is 0 Å².